The van der Waals surface area contributed by atoms with Crippen molar-refractivity contribution in [3.8, 4) is 0 Å². The van der Waals surface area contributed by atoms with Crippen LogP contribution in [0.3, 0.4) is 0 Å². The second kappa shape index (κ2) is 3.36. The topological polar surface area (TPSA) is 6.25 Å². The molecule has 1 unspecified atom stereocenters. The van der Waals surface area contributed by atoms with Crippen LogP contribution in [0.1, 0.15) is 45.4 Å². The molecule has 0 saturated heterocycles. The third-order valence-electron chi connectivity index (χ3n) is 4.34. The molecule has 0 aromatic carbocycles. The molecule has 3 aliphatic rings. The molecule has 1 atom stereocenters. The second-order valence-corrected chi connectivity index (χ2v) is 5.25. The van der Waals surface area contributed by atoms with Gasteiger partial charge in [-0.1, -0.05) is 0 Å². The van der Waals surface area contributed by atoms with Crippen LogP contribution < -0.4 is 0 Å². The van der Waals surface area contributed by atoms with Gasteiger partial charge in [-0.25, -0.2) is 4.90 Å². The van der Waals surface area contributed by atoms with Crippen molar-refractivity contribution >= 4 is 5.84 Å². The highest BCUT2D eigenvalue weighted by Crippen LogP contribution is 2.33. The van der Waals surface area contributed by atoms with Gasteiger partial charge in [-0.15, -0.1) is 0 Å². The Hall–Kier alpha value is -0.790. The zero-order valence-corrected chi connectivity index (χ0v) is 9.92. The summed E-state index contributed by atoms with van der Waals surface area (Å²) in [4.78, 5) is 2.50. The molecule has 82 valence electrons. The Kier molecular flexibility index (Phi) is 2.11. The monoisotopic (exact) mass is 205 g/mol. The van der Waals surface area contributed by atoms with Crippen molar-refractivity contribution in [2.45, 2.75) is 51.5 Å². The minimum absolute atomic E-state index is 0.755. The molecule has 0 radical (unpaired) electrons. The molecule has 3 rings (SSSR count). The molecule has 0 amide bonds. The van der Waals surface area contributed by atoms with Crippen molar-refractivity contribution in [2.24, 2.45) is 0 Å². The van der Waals surface area contributed by atoms with Crippen LogP contribution in [0.5, 0.6) is 0 Å². The Bertz CT molecular complexity index is 352. The molecule has 0 saturated carbocycles. The van der Waals surface area contributed by atoms with Crippen molar-refractivity contribution in [3.63, 3.8) is 0 Å². The third kappa shape index (κ3) is 1.34. The zero-order chi connectivity index (χ0) is 10.4. The summed E-state index contributed by atoms with van der Waals surface area (Å²) >= 11 is 0. The number of hydrogen-bond donors (Lipinski definition) is 0. The number of amidine groups is 1. The second-order valence-electron chi connectivity index (χ2n) is 5.25. The van der Waals surface area contributed by atoms with E-state index in [1.807, 2.05) is 0 Å². The normalized spacial score (nSPS) is 30.8. The molecule has 2 nitrogen and oxygen atoms in total. The minimum atomic E-state index is 0.755. The van der Waals surface area contributed by atoms with Crippen LogP contribution in [0.2, 0.25) is 0 Å². The van der Waals surface area contributed by atoms with Gasteiger partial charge in [0.05, 0.1) is 13.1 Å². The number of hydrogen-bond acceptors (Lipinski definition) is 1. The Balaban J connectivity index is 1.97. The van der Waals surface area contributed by atoms with E-state index in [1.165, 1.54) is 45.1 Å². The van der Waals surface area contributed by atoms with Gasteiger partial charge in [0.2, 0.25) is 0 Å². The lowest BCUT2D eigenvalue weighted by Crippen LogP contribution is -2.45. The van der Waals surface area contributed by atoms with E-state index >= 15 is 0 Å². The van der Waals surface area contributed by atoms with Gasteiger partial charge in [-0.3, -0.25) is 4.58 Å². The number of rotatable bonds is 0. The fourth-order valence-electron chi connectivity index (χ4n) is 3.44. The van der Waals surface area contributed by atoms with Crippen molar-refractivity contribution in [2.75, 3.05) is 13.6 Å². The van der Waals surface area contributed by atoms with E-state index in [1.54, 1.807) is 17.1 Å². The summed E-state index contributed by atoms with van der Waals surface area (Å²) in [7, 11) is 2.28. The average molecular weight is 205 g/mol. The third-order valence-corrected chi connectivity index (χ3v) is 4.34. The molecule has 2 heterocycles. The van der Waals surface area contributed by atoms with E-state index < -0.39 is 0 Å². The SMILES string of the molecule is CC1CCCC2=[N+]1CC1=C(CCC1)N2C. The van der Waals surface area contributed by atoms with E-state index in [2.05, 4.69) is 23.4 Å². The summed E-state index contributed by atoms with van der Waals surface area (Å²) in [6.07, 6.45) is 8.08. The molecule has 0 aromatic heterocycles. The van der Waals surface area contributed by atoms with E-state index in [0.29, 0.717) is 0 Å². The van der Waals surface area contributed by atoms with Gasteiger partial charge in [0.25, 0.3) is 5.84 Å². The van der Waals surface area contributed by atoms with Crippen LogP contribution in [0.15, 0.2) is 11.3 Å². The maximum atomic E-state index is 2.65. The first-order valence-electron chi connectivity index (χ1n) is 6.34. The van der Waals surface area contributed by atoms with Crippen LogP contribution in [0.25, 0.3) is 0 Å². The van der Waals surface area contributed by atoms with E-state index in [0.717, 1.165) is 6.04 Å². The molecule has 0 N–H and O–H groups in total. The summed E-state index contributed by atoms with van der Waals surface area (Å²) < 4.78 is 2.65. The van der Waals surface area contributed by atoms with Gasteiger partial charge in [0.15, 0.2) is 0 Å². The van der Waals surface area contributed by atoms with E-state index in [4.69, 9.17) is 0 Å². The smallest absolute Gasteiger partial charge is 0.251 e. The highest BCUT2D eigenvalue weighted by molar-refractivity contribution is 5.80. The quantitative estimate of drug-likeness (QED) is 0.550. The van der Waals surface area contributed by atoms with Gasteiger partial charge in [0.1, 0.15) is 12.2 Å². The van der Waals surface area contributed by atoms with Crippen LogP contribution in [0, 0.1) is 0 Å². The predicted molar refractivity (Wildman–Crippen MR) is 62.1 cm³/mol. The first-order chi connectivity index (χ1) is 7.27. The highest BCUT2D eigenvalue weighted by atomic mass is 15.3. The first kappa shape index (κ1) is 9.44. The van der Waals surface area contributed by atoms with Crippen molar-refractivity contribution in [1.82, 2.24) is 4.90 Å². The van der Waals surface area contributed by atoms with Crippen LogP contribution in [-0.2, 0) is 0 Å². The summed E-state index contributed by atoms with van der Waals surface area (Å²) in [6.45, 7) is 3.61. The first-order valence-corrected chi connectivity index (χ1v) is 6.34. The largest absolute Gasteiger partial charge is 0.259 e. The Morgan fingerprint density at radius 2 is 2.07 bits per heavy atom. The predicted octanol–water partition coefficient (Wildman–Crippen LogP) is 2.35. The van der Waals surface area contributed by atoms with Crippen LogP contribution in [0.4, 0.5) is 0 Å². The maximum absolute atomic E-state index is 2.65. The van der Waals surface area contributed by atoms with Crippen LogP contribution in [-0.4, -0.2) is 34.9 Å². The molecule has 0 spiro atoms. The fraction of sp³-hybridized carbons (Fsp3) is 0.769. The Labute approximate surface area is 92.3 Å². The van der Waals surface area contributed by atoms with Gasteiger partial charge < -0.3 is 0 Å². The van der Waals surface area contributed by atoms with E-state index in [-0.39, 0.29) is 0 Å². The van der Waals surface area contributed by atoms with Gasteiger partial charge in [-0.2, -0.15) is 0 Å². The van der Waals surface area contributed by atoms with Crippen molar-refractivity contribution < 1.29 is 4.58 Å². The molecule has 0 fully saturated rings. The standard InChI is InChI=1S/C13H21N2/c1-10-5-3-8-13-14(2)12-7-4-6-11(12)9-15(10)13/h10H,3-9H2,1-2H3/q+1. The molecule has 1 aliphatic carbocycles. The average Bonchev–Trinajstić information content (AvgIpc) is 2.68. The molecular weight excluding hydrogens is 184 g/mol. The van der Waals surface area contributed by atoms with Crippen LogP contribution >= 0.6 is 0 Å². The summed E-state index contributed by atoms with van der Waals surface area (Å²) in [6, 6.07) is 0.755. The lowest BCUT2D eigenvalue weighted by Gasteiger charge is -2.31. The maximum Gasteiger partial charge on any atom is 0.251 e. The van der Waals surface area contributed by atoms with Crippen molar-refractivity contribution in [1.29, 1.82) is 0 Å². The summed E-state index contributed by atoms with van der Waals surface area (Å²) in [5.74, 6) is 1.59. The highest BCUT2D eigenvalue weighted by Gasteiger charge is 2.37. The van der Waals surface area contributed by atoms with Gasteiger partial charge in [-0.05, 0) is 32.6 Å². The summed E-state index contributed by atoms with van der Waals surface area (Å²) in [5.41, 5.74) is 3.37. The number of allylic oxidation sites excluding steroid dienone is 1. The minimum Gasteiger partial charge on any atom is -0.259 e. The molecule has 0 aromatic rings. The Morgan fingerprint density at radius 1 is 1.20 bits per heavy atom. The fourth-order valence-corrected chi connectivity index (χ4v) is 3.44. The number of nitrogens with zero attached hydrogens (tertiary/aromatic N) is 2. The van der Waals surface area contributed by atoms with Crippen molar-refractivity contribution in [3.05, 3.63) is 11.3 Å². The van der Waals surface area contributed by atoms with Gasteiger partial charge >= 0.3 is 0 Å². The zero-order valence-electron chi connectivity index (χ0n) is 9.92. The molecule has 15 heavy (non-hydrogen) atoms. The lowest BCUT2D eigenvalue weighted by molar-refractivity contribution is -0.567. The molecule has 0 bridgehead atoms. The Morgan fingerprint density at radius 3 is 2.93 bits per heavy atom. The molecular formula is C13H21N2+. The lowest BCUT2D eigenvalue weighted by atomic mass is 10.0. The summed E-state index contributed by atoms with van der Waals surface area (Å²) in [5, 5.41) is 0. The molecule has 2 aliphatic heterocycles. The van der Waals surface area contributed by atoms with Gasteiger partial charge in [0, 0.05) is 18.4 Å². The van der Waals surface area contributed by atoms with E-state index in [9.17, 15) is 0 Å². The molecule has 2 heteroatoms.